The van der Waals surface area contributed by atoms with Crippen molar-refractivity contribution < 1.29 is 23.7 Å². The highest BCUT2D eigenvalue weighted by atomic mass is 35.5. The predicted octanol–water partition coefficient (Wildman–Crippen LogP) is 4.46. The van der Waals surface area contributed by atoms with Crippen molar-refractivity contribution in [2.24, 2.45) is 4.99 Å². The number of halogens is 3. The van der Waals surface area contributed by atoms with Gasteiger partial charge in [0, 0.05) is 36.4 Å². The first-order valence-corrected chi connectivity index (χ1v) is 12.9. The van der Waals surface area contributed by atoms with Crippen LogP contribution in [0.4, 0.5) is 8.78 Å². The van der Waals surface area contributed by atoms with E-state index in [2.05, 4.69) is 9.98 Å². The molecule has 0 radical (unpaired) electrons. The maximum atomic E-state index is 13.9. The summed E-state index contributed by atoms with van der Waals surface area (Å²) < 4.78 is 35.0. The second-order valence-electron chi connectivity index (χ2n) is 9.97. The Morgan fingerprint density at radius 2 is 1.93 bits per heavy atom. The van der Waals surface area contributed by atoms with Gasteiger partial charge in [-0.05, 0) is 64.8 Å². The molecule has 3 heterocycles. The van der Waals surface area contributed by atoms with Gasteiger partial charge in [-0.2, -0.15) is 0 Å². The van der Waals surface area contributed by atoms with E-state index in [1.54, 1.807) is 33.8 Å². The highest BCUT2D eigenvalue weighted by Gasteiger charge is 2.24. The predicted molar refractivity (Wildman–Crippen MR) is 153 cm³/mol. The largest absolute Gasteiger partial charge is 0.485 e. The number of aliphatic hydroxyl groups is 2. The Morgan fingerprint density at radius 3 is 2.54 bits per heavy atom. The summed E-state index contributed by atoms with van der Waals surface area (Å²) in [6.07, 6.45) is 5.69. The van der Waals surface area contributed by atoms with Gasteiger partial charge < -0.3 is 14.9 Å². The molecule has 0 spiro atoms. The summed E-state index contributed by atoms with van der Waals surface area (Å²) in [6, 6.07) is 3.78. The van der Waals surface area contributed by atoms with Gasteiger partial charge in [0.05, 0.1) is 23.5 Å². The molecule has 1 atom stereocenters. The van der Waals surface area contributed by atoms with Crippen LogP contribution in [-0.4, -0.2) is 36.3 Å². The molecule has 0 saturated carbocycles. The Hall–Kier alpha value is -3.93. The van der Waals surface area contributed by atoms with Crippen LogP contribution < -0.4 is 15.9 Å². The SMILES string of the molecule is C/C(=C/N=C(\C=C\n1c(C)cc(OCc2ncc(F)cc2F)c(Cl)c1=O)n1ccc(C)c(C(C)(C)O)c1=O)[C@H](C)O. The van der Waals surface area contributed by atoms with Crippen LogP contribution in [-0.2, 0) is 12.2 Å². The van der Waals surface area contributed by atoms with Crippen molar-refractivity contribution in [3.63, 3.8) is 0 Å². The number of nitrogens with zero attached hydrogens (tertiary/aromatic N) is 4. The number of aliphatic hydroxyl groups excluding tert-OH is 1. The number of aromatic nitrogens is 3. The fraction of sp³-hybridized carbons (Fsp3) is 0.310. The molecule has 41 heavy (non-hydrogen) atoms. The number of allylic oxidation sites excluding steroid dienone is 1. The summed E-state index contributed by atoms with van der Waals surface area (Å²) in [4.78, 5) is 34.5. The molecular weight excluding hydrogens is 558 g/mol. The van der Waals surface area contributed by atoms with Crippen LogP contribution in [0.3, 0.4) is 0 Å². The lowest BCUT2D eigenvalue weighted by Crippen LogP contribution is -2.35. The Bertz CT molecular complexity index is 1670. The minimum Gasteiger partial charge on any atom is -0.485 e. The lowest BCUT2D eigenvalue weighted by atomic mass is 9.95. The number of ether oxygens (including phenoxy) is 1. The van der Waals surface area contributed by atoms with E-state index in [0.29, 0.717) is 22.9 Å². The van der Waals surface area contributed by atoms with Crippen LogP contribution in [0.1, 0.15) is 50.2 Å². The van der Waals surface area contributed by atoms with Gasteiger partial charge in [-0.15, -0.1) is 0 Å². The number of pyridine rings is 3. The number of hydrogen-bond acceptors (Lipinski definition) is 7. The zero-order valence-electron chi connectivity index (χ0n) is 23.4. The summed E-state index contributed by atoms with van der Waals surface area (Å²) in [5, 5.41) is 20.2. The van der Waals surface area contributed by atoms with Crippen LogP contribution in [0, 0.1) is 25.5 Å². The van der Waals surface area contributed by atoms with E-state index in [4.69, 9.17) is 16.3 Å². The highest BCUT2D eigenvalue weighted by molar-refractivity contribution is 6.31. The van der Waals surface area contributed by atoms with Gasteiger partial charge in [-0.3, -0.25) is 23.7 Å². The van der Waals surface area contributed by atoms with Gasteiger partial charge in [0.15, 0.2) is 5.82 Å². The number of aryl methyl sites for hydroxylation is 2. The molecule has 3 aromatic heterocycles. The van der Waals surface area contributed by atoms with Crippen molar-refractivity contribution >= 4 is 23.6 Å². The Labute approximate surface area is 240 Å². The zero-order valence-corrected chi connectivity index (χ0v) is 24.2. The second kappa shape index (κ2) is 12.7. The van der Waals surface area contributed by atoms with Crippen LogP contribution in [0.5, 0.6) is 5.75 Å². The smallest absolute Gasteiger partial charge is 0.277 e. The molecule has 0 amide bonds. The summed E-state index contributed by atoms with van der Waals surface area (Å²) in [6.45, 7) is 9.14. The molecule has 218 valence electrons. The Morgan fingerprint density at radius 1 is 1.24 bits per heavy atom. The number of hydrogen-bond donors (Lipinski definition) is 2. The van der Waals surface area contributed by atoms with Crippen molar-refractivity contribution in [2.45, 2.75) is 59.9 Å². The van der Waals surface area contributed by atoms with E-state index in [9.17, 15) is 28.6 Å². The van der Waals surface area contributed by atoms with Gasteiger partial charge in [0.25, 0.3) is 11.1 Å². The molecule has 3 rings (SSSR count). The summed E-state index contributed by atoms with van der Waals surface area (Å²) >= 11 is 6.27. The molecule has 0 aromatic carbocycles. The fourth-order valence-electron chi connectivity index (χ4n) is 3.83. The maximum absolute atomic E-state index is 13.9. The first-order chi connectivity index (χ1) is 19.1. The Kier molecular flexibility index (Phi) is 9.80. The monoisotopic (exact) mass is 588 g/mol. The van der Waals surface area contributed by atoms with Gasteiger partial charge >= 0.3 is 0 Å². The quantitative estimate of drug-likeness (QED) is 0.296. The van der Waals surface area contributed by atoms with Gasteiger partial charge in [-0.1, -0.05) is 11.6 Å². The average molecular weight is 589 g/mol. The van der Waals surface area contributed by atoms with Crippen molar-refractivity contribution in [3.8, 4) is 5.75 Å². The van der Waals surface area contributed by atoms with E-state index in [1.807, 2.05) is 0 Å². The number of aliphatic imine (C=N–C) groups is 1. The van der Waals surface area contributed by atoms with Gasteiger partial charge in [0.1, 0.15) is 34.7 Å². The molecule has 0 aliphatic carbocycles. The second-order valence-corrected chi connectivity index (χ2v) is 10.3. The van der Waals surface area contributed by atoms with Crippen molar-refractivity contribution in [3.05, 3.63) is 108 Å². The minimum atomic E-state index is -1.44. The van der Waals surface area contributed by atoms with E-state index < -0.39 is 41.1 Å². The molecular formula is C29H31ClF2N4O5. The van der Waals surface area contributed by atoms with E-state index in [0.717, 1.165) is 6.20 Å². The topological polar surface area (TPSA) is 119 Å². The minimum absolute atomic E-state index is 0.0294. The molecule has 0 bridgehead atoms. The van der Waals surface area contributed by atoms with Gasteiger partial charge in [0.2, 0.25) is 0 Å². The fourth-order valence-corrected chi connectivity index (χ4v) is 4.03. The third-order valence-corrected chi connectivity index (χ3v) is 6.53. The lowest BCUT2D eigenvalue weighted by molar-refractivity contribution is 0.0761. The van der Waals surface area contributed by atoms with Crippen LogP contribution in [0.15, 0.2) is 63.0 Å². The average Bonchev–Trinajstić information content (AvgIpc) is 2.87. The maximum Gasteiger partial charge on any atom is 0.277 e. The molecule has 0 aliphatic rings. The lowest BCUT2D eigenvalue weighted by Gasteiger charge is -2.20. The third kappa shape index (κ3) is 7.43. The van der Waals surface area contributed by atoms with Crippen LogP contribution in [0.2, 0.25) is 5.02 Å². The standard InChI is InChI=1S/C29H31ClF2N4O5/c1-16-7-9-36(27(38)25(16)29(5,6)40)24(34-13-17(2)19(4)37)8-10-35-18(3)11-23(26(30)28(35)39)41-15-22-21(32)12-20(31)14-33-22/h7-14,19,37,40H,15H2,1-6H3/b10-8+,17-13-,34-24+/t19-/m0/s1. The molecule has 12 heteroatoms. The first kappa shape index (κ1) is 31.6. The van der Waals surface area contributed by atoms with E-state index in [1.165, 1.54) is 53.7 Å². The first-order valence-electron chi connectivity index (χ1n) is 12.5. The molecule has 0 saturated heterocycles. The van der Waals surface area contributed by atoms with Crippen molar-refractivity contribution in [1.82, 2.24) is 14.1 Å². The molecule has 2 N–H and O–H groups in total. The highest BCUT2D eigenvalue weighted by Crippen LogP contribution is 2.23. The third-order valence-electron chi connectivity index (χ3n) is 6.18. The van der Waals surface area contributed by atoms with Gasteiger partial charge in [-0.25, -0.2) is 13.8 Å². The van der Waals surface area contributed by atoms with Crippen LogP contribution >= 0.6 is 11.6 Å². The van der Waals surface area contributed by atoms with Crippen LogP contribution in [0.25, 0.3) is 6.20 Å². The molecule has 0 fully saturated rings. The normalized spacial score (nSPS) is 13.6. The summed E-state index contributed by atoms with van der Waals surface area (Å²) in [5.74, 6) is -1.68. The molecule has 9 nitrogen and oxygen atoms in total. The summed E-state index contributed by atoms with van der Waals surface area (Å²) in [5.41, 5.74) is -1.14. The Balaban J connectivity index is 2.06. The van der Waals surface area contributed by atoms with Crippen molar-refractivity contribution in [1.29, 1.82) is 0 Å². The van der Waals surface area contributed by atoms with E-state index in [-0.39, 0.29) is 27.9 Å². The zero-order chi connectivity index (χ0) is 30.6. The molecule has 0 aliphatic heterocycles. The van der Waals surface area contributed by atoms with Crippen molar-refractivity contribution in [2.75, 3.05) is 0 Å². The molecule has 0 unspecified atom stereocenters. The van der Waals surface area contributed by atoms with E-state index >= 15 is 0 Å². The number of rotatable bonds is 8. The summed E-state index contributed by atoms with van der Waals surface area (Å²) in [7, 11) is 0. The molecule has 3 aromatic rings.